The molecule has 2 N–H and O–H groups in total. The first kappa shape index (κ1) is 9.33. The van der Waals surface area contributed by atoms with Gasteiger partial charge in [-0.25, -0.2) is 0 Å². The van der Waals surface area contributed by atoms with E-state index in [9.17, 15) is 4.79 Å². The van der Waals surface area contributed by atoms with Crippen LogP contribution in [0.3, 0.4) is 0 Å². The summed E-state index contributed by atoms with van der Waals surface area (Å²) < 4.78 is 0. The van der Waals surface area contributed by atoms with Crippen LogP contribution in [0.15, 0.2) is 0 Å². The summed E-state index contributed by atoms with van der Waals surface area (Å²) in [5.41, 5.74) is 4.71. The van der Waals surface area contributed by atoms with Crippen LogP contribution in [-0.2, 0) is 4.79 Å². The molecule has 0 aromatic rings. The summed E-state index contributed by atoms with van der Waals surface area (Å²) in [6.45, 7) is 1.45. The first-order valence-electron chi connectivity index (χ1n) is 2.58. The molecule has 54 valence electrons. The van der Waals surface area contributed by atoms with Gasteiger partial charge in [-0.15, -0.1) is 0 Å². The molecule has 0 fully saturated rings. The van der Waals surface area contributed by atoms with Crippen LogP contribution in [0, 0.1) is 0 Å². The van der Waals surface area contributed by atoms with Gasteiger partial charge < -0.3 is 5.73 Å². The van der Waals surface area contributed by atoms with Crippen molar-refractivity contribution in [3.63, 3.8) is 0 Å². The highest BCUT2D eigenvalue weighted by molar-refractivity contribution is 7.81. The minimum atomic E-state index is -0.827. The number of carbonyl (C=O) groups excluding carboxylic acids is 1. The molecule has 0 unspecified atom stereocenters. The van der Waals surface area contributed by atoms with Crippen molar-refractivity contribution in [2.75, 3.05) is 11.5 Å². The second-order valence-electron chi connectivity index (χ2n) is 2.03. The first-order valence-corrected chi connectivity index (χ1v) is 3.85. The molecule has 0 aromatic heterocycles. The van der Waals surface area contributed by atoms with E-state index in [4.69, 9.17) is 5.73 Å². The summed E-state index contributed by atoms with van der Waals surface area (Å²) >= 11 is 7.85. The highest BCUT2D eigenvalue weighted by atomic mass is 32.1. The molecule has 0 heterocycles. The summed E-state index contributed by atoms with van der Waals surface area (Å²) in [7, 11) is 0. The number of rotatable bonds is 3. The van der Waals surface area contributed by atoms with Crippen LogP contribution in [0.25, 0.3) is 0 Å². The van der Waals surface area contributed by atoms with Crippen LogP contribution >= 0.6 is 25.3 Å². The lowest BCUT2D eigenvalue weighted by Gasteiger charge is -2.20. The maximum atomic E-state index is 10.7. The third-order valence-corrected chi connectivity index (χ3v) is 2.39. The van der Waals surface area contributed by atoms with Crippen molar-refractivity contribution in [1.82, 2.24) is 0 Å². The first-order chi connectivity index (χ1) is 4.06. The number of ketones is 1. The van der Waals surface area contributed by atoms with Gasteiger partial charge in [0, 0.05) is 11.5 Å². The number of hydrogen-bond acceptors (Lipinski definition) is 4. The minimum absolute atomic E-state index is 0.0625. The Hall–Kier alpha value is 0.330. The Morgan fingerprint density at radius 1 is 1.56 bits per heavy atom. The quantitative estimate of drug-likeness (QED) is 0.521. The van der Waals surface area contributed by atoms with Crippen molar-refractivity contribution in [1.29, 1.82) is 0 Å². The van der Waals surface area contributed by atoms with E-state index < -0.39 is 5.54 Å². The number of thiol groups is 2. The lowest BCUT2D eigenvalue weighted by atomic mass is 10.0. The predicted molar refractivity (Wildman–Crippen MR) is 45.3 cm³/mol. The van der Waals surface area contributed by atoms with E-state index >= 15 is 0 Å². The number of hydrogen-bond donors (Lipinski definition) is 3. The lowest BCUT2D eigenvalue weighted by molar-refractivity contribution is -0.120. The third kappa shape index (κ3) is 2.20. The van der Waals surface area contributed by atoms with Gasteiger partial charge in [-0.05, 0) is 6.92 Å². The van der Waals surface area contributed by atoms with Crippen LogP contribution in [0.5, 0.6) is 0 Å². The molecule has 0 aliphatic heterocycles. The molecule has 0 saturated heterocycles. The molecule has 0 aromatic carbocycles. The number of Topliss-reactive ketones (excluding diaryl/α,β-unsaturated/α-hetero) is 1. The van der Waals surface area contributed by atoms with E-state index in [0.29, 0.717) is 11.5 Å². The van der Waals surface area contributed by atoms with E-state index in [1.807, 2.05) is 0 Å². The Kier molecular flexibility index (Phi) is 3.61. The van der Waals surface area contributed by atoms with Crippen molar-refractivity contribution in [3.05, 3.63) is 0 Å². The van der Waals surface area contributed by atoms with Gasteiger partial charge in [0.05, 0.1) is 5.54 Å². The monoisotopic (exact) mass is 165 g/mol. The fourth-order valence-corrected chi connectivity index (χ4v) is 1.12. The molecule has 0 aliphatic carbocycles. The number of carbonyl (C=O) groups is 1. The molecule has 0 radical (unpaired) electrons. The van der Waals surface area contributed by atoms with Crippen molar-refractivity contribution in [2.24, 2.45) is 5.73 Å². The Bertz CT molecular complexity index is 112. The molecule has 0 amide bonds. The van der Waals surface area contributed by atoms with Crippen LogP contribution in [-0.4, -0.2) is 22.8 Å². The van der Waals surface area contributed by atoms with E-state index in [2.05, 4.69) is 25.3 Å². The molecule has 0 rings (SSSR count). The van der Waals surface area contributed by atoms with Gasteiger partial charge in [0.15, 0.2) is 5.78 Å². The maximum Gasteiger partial charge on any atom is 0.151 e. The fourth-order valence-electron chi connectivity index (χ4n) is 0.273. The molecule has 0 saturated carbocycles. The summed E-state index contributed by atoms with van der Waals surface area (Å²) in [5, 5.41) is 0. The van der Waals surface area contributed by atoms with E-state index in [0.717, 1.165) is 0 Å². The van der Waals surface area contributed by atoms with Gasteiger partial charge in [0.2, 0.25) is 0 Å². The zero-order chi connectivity index (χ0) is 7.49. The highest BCUT2D eigenvalue weighted by Crippen LogP contribution is 2.06. The molecule has 9 heavy (non-hydrogen) atoms. The van der Waals surface area contributed by atoms with Gasteiger partial charge in [0.1, 0.15) is 0 Å². The smallest absolute Gasteiger partial charge is 0.151 e. The van der Waals surface area contributed by atoms with Crippen LogP contribution in [0.4, 0.5) is 0 Å². The predicted octanol–water partition coefficient (Wildman–Crippen LogP) is 0.133. The SMILES string of the molecule is CC(=O)C(N)(CS)CS. The van der Waals surface area contributed by atoms with E-state index in [1.165, 1.54) is 6.92 Å². The second kappa shape index (κ2) is 3.49. The molecular formula is C5H11NOS2. The topological polar surface area (TPSA) is 43.1 Å². The van der Waals surface area contributed by atoms with E-state index in [-0.39, 0.29) is 5.78 Å². The van der Waals surface area contributed by atoms with Crippen molar-refractivity contribution >= 4 is 31.0 Å². The summed E-state index contributed by atoms with van der Waals surface area (Å²) in [4.78, 5) is 10.7. The van der Waals surface area contributed by atoms with Crippen molar-refractivity contribution in [3.8, 4) is 0 Å². The zero-order valence-corrected chi connectivity index (χ0v) is 7.08. The molecule has 0 atom stereocenters. The molecule has 0 bridgehead atoms. The number of nitrogens with two attached hydrogens (primary N) is 1. The average Bonchev–Trinajstić information content (AvgIpc) is 1.86. The minimum Gasteiger partial charge on any atom is -0.318 e. The van der Waals surface area contributed by atoms with Gasteiger partial charge >= 0.3 is 0 Å². The molecule has 0 aliphatic rings. The molecule has 4 heteroatoms. The van der Waals surface area contributed by atoms with E-state index in [1.54, 1.807) is 0 Å². The van der Waals surface area contributed by atoms with Gasteiger partial charge in [-0.1, -0.05) is 0 Å². The largest absolute Gasteiger partial charge is 0.318 e. The lowest BCUT2D eigenvalue weighted by Crippen LogP contribution is -2.50. The third-order valence-electron chi connectivity index (χ3n) is 1.27. The Labute approximate surface area is 66.0 Å². The summed E-state index contributed by atoms with van der Waals surface area (Å²) in [6.07, 6.45) is 0. The summed E-state index contributed by atoms with van der Waals surface area (Å²) in [6, 6.07) is 0. The molecular weight excluding hydrogens is 154 g/mol. The van der Waals surface area contributed by atoms with Crippen LogP contribution in [0.1, 0.15) is 6.92 Å². The van der Waals surface area contributed by atoms with Gasteiger partial charge in [-0.2, -0.15) is 25.3 Å². The molecule has 0 spiro atoms. The summed E-state index contributed by atoms with van der Waals surface area (Å²) in [5.74, 6) is 0.644. The highest BCUT2D eigenvalue weighted by Gasteiger charge is 2.26. The second-order valence-corrected chi connectivity index (χ2v) is 2.66. The fraction of sp³-hybridized carbons (Fsp3) is 0.800. The average molecular weight is 165 g/mol. The van der Waals surface area contributed by atoms with Crippen LogP contribution < -0.4 is 5.73 Å². The van der Waals surface area contributed by atoms with Crippen molar-refractivity contribution < 1.29 is 4.79 Å². The van der Waals surface area contributed by atoms with Crippen molar-refractivity contribution in [2.45, 2.75) is 12.5 Å². The van der Waals surface area contributed by atoms with Gasteiger partial charge in [0.25, 0.3) is 0 Å². The van der Waals surface area contributed by atoms with Crippen LogP contribution in [0.2, 0.25) is 0 Å². The Morgan fingerprint density at radius 2 is 1.89 bits per heavy atom. The zero-order valence-electron chi connectivity index (χ0n) is 5.29. The van der Waals surface area contributed by atoms with Gasteiger partial charge in [-0.3, -0.25) is 4.79 Å². The Morgan fingerprint density at radius 3 is 1.89 bits per heavy atom. The standard InChI is InChI=1S/C5H11NOS2/c1-4(7)5(6,2-8)3-9/h8-9H,2-3,6H2,1H3. The molecule has 2 nitrogen and oxygen atoms in total. The Balaban J connectivity index is 4.09. The normalized spacial score (nSPS) is 11.6. The maximum absolute atomic E-state index is 10.7.